The predicted octanol–water partition coefficient (Wildman–Crippen LogP) is 7.91. The molecule has 10 bridgehead atoms. The molecule has 30 heteroatoms. The van der Waals surface area contributed by atoms with Crippen LogP contribution in [0.15, 0.2) is 64.0 Å². The van der Waals surface area contributed by atoms with Crippen molar-refractivity contribution in [2.45, 2.75) is 96.6 Å². The number of aliphatic hydroxyl groups excluding tert-OH is 1. The number of methoxy groups -OCH3 is 1. The van der Waals surface area contributed by atoms with Crippen molar-refractivity contribution in [2.24, 2.45) is 23.5 Å². The summed E-state index contributed by atoms with van der Waals surface area (Å²) in [5, 5.41) is 41.4. The molecule has 8 aromatic rings. The molecular formula is C59H65N15O9S6. The van der Waals surface area contributed by atoms with Crippen molar-refractivity contribution in [3.8, 4) is 43.4 Å². The SMILES string of the molecule is CNC(=O)C[C@@H]1NC(=O)c2csc(n2)-c2ccc(-c3nc(NC(=O)C4CCC(C(=O)NCCCCN)CC4)cs3)nc2-c2csc(n2)-c2csc(n2)[C@H]([C@@H](O)c2ccccc2)NC(=O)CNC(=O)c2nc(sc2COC)[C@H](C(C)C)NC(=O)c2nc1sc2C. The van der Waals surface area contributed by atoms with E-state index in [4.69, 9.17) is 45.4 Å². The Labute approximate surface area is 535 Å². The van der Waals surface area contributed by atoms with Gasteiger partial charge in [0.2, 0.25) is 23.6 Å². The highest BCUT2D eigenvalue weighted by Crippen LogP contribution is 2.41. The number of anilines is 1. The van der Waals surface area contributed by atoms with Crippen LogP contribution in [0.1, 0.15) is 145 Å². The maximum Gasteiger partial charge on any atom is 0.271 e. The number of hydrogen-bond acceptors (Lipinski definition) is 23. The molecule has 0 radical (unpaired) electrons. The minimum atomic E-state index is -1.28. The normalized spacial score (nSPS) is 18.7. The summed E-state index contributed by atoms with van der Waals surface area (Å²) < 4.78 is 5.46. The minimum Gasteiger partial charge on any atom is -0.386 e. The van der Waals surface area contributed by atoms with Crippen molar-refractivity contribution in [1.82, 2.24) is 66.8 Å². The number of aromatic nitrogens is 7. The maximum absolute atomic E-state index is 14.4. The van der Waals surface area contributed by atoms with Gasteiger partial charge < -0.3 is 52.8 Å². The number of nitrogens with one attached hydrogen (secondary N) is 7. The zero-order valence-corrected chi connectivity index (χ0v) is 53.9. The fourth-order valence-electron chi connectivity index (χ4n) is 10.1. The summed E-state index contributed by atoms with van der Waals surface area (Å²) in [4.78, 5) is 131. The van der Waals surface area contributed by atoms with Gasteiger partial charge in [-0.3, -0.25) is 33.6 Å². The van der Waals surface area contributed by atoms with Crippen LogP contribution >= 0.6 is 68.0 Å². The van der Waals surface area contributed by atoms with Crippen LogP contribution in [0.2, 0.25) is 0 Å². The van der Waals surface area contributed by atoms with Gasteiger partial charge in [-0.05, 0) is 75.6 Å². The molecule has 10 N–H and O–H groups in total. The van der Waals surface area contributed by atoms with E-state index < -0.39 is 60.3 Å². The van der Waals surface area contributed by atoms with Crippen LogP contribution in [0.5, 0.6) is 0 Å². The number of aryl methyl sites for hydroxylation is 1. The zero-order chi connectivity index (χ0) is 62.9. The number of nitrogens with two attached hydrogens (primary N) is 1. The molecule has 24 nitrogen and oxygen atoms in total. The number of ether oxygens (including phenoxy) is 1. The Morgan fingerprint density at radius 3 is 2.12 bits per heavy atom. The molecule has 4 atom stereocenters. The first-order valence-electron chi connectivity index (χ1n) is 28.7. The van der Waals surface area contributed by atoms with E-state index in [0.717, 1.165) is 24.2 Å². The summed E-state index contributed by atoms with van der Waals surface area (Å²) in [6, 6.07) is 9.58. The molecule has 0 spiro atoms. The molecule has 8 heterocycles. The van der Waals surface area contributed by atoms with Gasteiger partial charge in [0, 0.05) is 64.5 Å². The summed E-state index contributed by atoms with van der Waals surface area (Å²) >= 11 is 7.26. The van der Waals surface area contributed by atoms with E-state index in [2.05, 4.69) is 37.2 Å². The first-order valence-corrected chi connectivity index (χ1v) is 33.9. The summed E-state index contributed by atoms with van der Waals surface area (Å²) in [6.07, 6.45) is 2.50. The fourth-order valence-corrected chi connectivity index (χ4v) is 15.6. The van der Waals surface area contributed by atoms with Crippen molar-refractivity contribution >= 4 is 115 Å². The highest BCUT2D eigenvalue weighted by molar-refractivity contribution is 7.15. The molecule has 1 aliphatic heterocycles. The van der Waals surface area contributed by atoms with Gasteiger partial charge in [-0.1, -0.05) is 44.2 Å². The first-order chi connectivity index (χ1) is 43.0. The van der Waals surface area contributed by atoms with Crippen molar-refractivity contribution in [2.75, 3.05) is 39.1 Å². The van der Waals surface area contributed by atoms with Gasteiger partial charge in [-0.2, -0.15) is 0 Å². The second-order valence-corrected chi connectivity index (χ2v) is 27.3. The van der Waals surface area contributed by atoms with Crippen molar-refractivity contribution < 1.29 is 43.4 Å². The number of hydrogen-bond donors (Lipinski definition) is 9. The first kappa shape index (κ1) is 64.3. The van der Waals surface area contributed by atoms with Crippen LogP contribution in [0.25, 0.3) is 43.4 Å². The maximum atomic E-state index is 14.4. The molecule has 466 valence electrons. The molecule has 0 unspecified atom stereocenters. The van der Waals surface area contributed by atoms with Crippen molar-refractivity contribution in [3.63, 3.8) is 0 Å². The topological polar surface area (TPSA) is 349 Å². The monoisotopic (exact) mass is 1320 g/mol. The largest absolute Gasteiger partial charge is 0.386 e. The fraction of sp³-hybridized carbons (Fsp3) is 0.390. The Morgan fingerprint density at radius 1 is 0.685 bits per heavy atom. The number of amides is 7. The lowest BCUT2D eigenvalue weighted by Crippen LogP contribution is -2.40. The number of thiazole rings is 6. The van der Waals surface area contributed by atoms with Gasteiger partial charge in [0.05, 0.1) is 42.2 Å². The number of pyridine rings is 1. The Balaban J connectivity index is 0.992. The number of rotatable bonds is 15. The highest BCUT2D eigenvalue weighted by Gasteiger charge is 2.34. The average Bonchev–Trinajstić information content (AvgIpc) is 1.87. The Kier molecular flexibility index (Phi) is 21.2. The molecule has 1 saturated carbocycles. The zero-order valence-electron chi connectivity index (χ0n) is 49.0. The number of unbranched alkanes of at least 4 members (excludes halogenated alkanes) is 1. The smallest absolute Gasteiger partial charge is 0.271 e. The molecule has 0 saturated heterocycles. The molecule has 10 rings (SSSR count). The molecule has 1 aliphatic carbocycles. The van der Waals surface area contributed by atoms with Crippen LogP contribution < -0.4 is 43.0 Å². The highest BCUT2D eigenvalue weighted by atomic mass is 32.1. The standard InChI is InChI=1S/C59H65N15O9S6/c1-28(2)43-59-74-46(39(89-59)23-83-5)52(81)63-22-42(76)71-47(48(77)30-11-7-6-8-12-30)58-68-38(26-86-58)56-66-36(24-85-56)45-33(54-67-37(25-84-54)51(80)65-35(21-41(75)61-4)57-73-44(29(3)88-57)53(82)72-43)17-18-34(64-45)55-70-40(27-87-55)69-50(79)32-15-13-31(14-16-32)49(78)62-20-10-9-19-60/h6-8,11-12,17-18,24-28,31-32,35,43,47-48,77H,9-10,13-16,19-23,60H2,1-5H3,(H,61,75)(H,62,78)(H,63,81)(H,65,80)(H,69,79)(H,71,76)(H,72,82)/t31?,32?,35-,43-,47-,48-/m0/s1. The van der Waals surface area contributed by atoms with Crippen molar-refractivity contribution in [1.29, 1.82) is 0 Å². The van der Waals surface area contributed by atoms with Crippen LogP contribution in [0, 0.1) is 24.7 Å². The van der Waals surface area contributed by atoms with Gasteiger partial charge in [-0.25, -0.2) is 34.9 Å². The van der Waals surface area contributed by atoms with E-state index in [0.29, 0.717) is 118 Å². The molecule has 7 amide bonds. The third-order valence-electron chi connectivity index (χ3n) is 14.9. The molecule has 2 aliphatic rings. The van der Waals surface area contributed by atoms with E-state index in [1.165, 1.54) is 70.8 Å². The lowest BCUT2D eigenvalue weighted by Gasteiger charge is -2.26. The van der Waals surface area contributed by atoms with Crippen LogP contribution in [0.3, 0.4) is 0 Å². The van der Waals surface area contributed by atoms with Gasteiger partial charge in [0.1, 0.15) is 82.2 Å². The van der Waals surface area contributed by atoms with E-state index in [1.807, 2.05) is 13.8 Å². The molecule has 89 heavy (non-hydrogen) atoms. The van der Waals surface area contributed by atoms with E-state index in [1.54, 1.807) is 70.9 Å². The number of nitrogens with zero attached hydrogens (tertiary/aromatic N) is 7. The summed E-state index contributed by atoms with van der Waals surface area (Å²) in [5.41, 5.74) is 8.39. The lowest BCUT2D eigenvalue weighted by molar-refractivity contribution is -0.128. The van der Waals surface area contributed by atoms with E-state index >= 15 is 0 Å². The summed E-state index contributed by atoms with van der Waals surface area (Å²) in [5.74, 6) is -3.36. The predicted molar refractivity (Wildman–Crippen MR) is 342 cm³/mol. The number of carbonyl (C=O) groups is 7. The van der Waals surface area contributed by atoms with Crippen LogP contribution in [0.4, 0.5) is 5.82 Å². The summed E-state index contributed by atoms with van der Waals surface area (Å²) in [7, 11) is 2.95. The van der Waals surface area contributed by atoms with E-state index in [-0.39, 0.29) is 59.7 Å². The van der Waals surface area contributed by atoms with Crippen LogP contribution in [-0.4, -0.2) is 115 Å². The Morgan fingerprint density at radius 2 is 1.38 bits per heavy atom. The summed E-state index contributed by atoms with van der Waals surface area (Å²) in [6.45, 7) is 6.13. The quantitative estimate of drug-likeness (QED) is 0.0440. The van der Waals surface area contributed by atoms with Gasteiger partial charge in [0.25, 0.3) is 17.7 Å². The van der Waals surface area contributed by atoms with Crippen LogP contribution in [-0.2, 0) is 30.5 Å². The van der Waals surface area contributed by atoms with E-state index in [9.17, 15) is 38.7 Å². The van der Waals surface area contributed by atoms with Gasteiger partial charge in [-0.15, -0.1) is 68.0 Å². The Hall–Kier alpha value is -7.68. The second-order valence-electron chi connectivity index (χ2n) is 21.5. The number of aliphatic hydroxyl groups is 1. The Bertz CT molecular complexity index is 3870. The third-order valence-corrected chi connectivity index (χ3v) is 20.6. The van der Waals surface area contributed by atoms with Gasteiger partial charge >= 0.3 is 0 Å². The van der Waals surface area contributed by atoms with Gasteiger partial charge in [0.15, 0.2) is 0 Å². The van der Waals surface area contributed by atoms with Crippen molar-refractivity contribution in [3.05, 3.63) is 111 Å². The number of carbonyl (C=O) groups excluding carboxylic acids is 7. The minimum absolute atomic E-state index is 0.000145. The molecule has 7 aromatic heterocycles. The average molecular weight is 1320 g/mol. The number of fused-ring (bicyclic) bond motifs is 14. The number of benzene rings is 1. The lowest BCUT2D eigenvalue weighted by atomic mass is 9.81. The molecular weight excluding hydrogens is 1260 g/mol. The molecule has 1 aromatic carbocycles. The third kappa shape index (κ3) is 15.3. The second kappa shape index (κ2) is 29.3. The molecule has 1 fully saturated rings.